The minimum atomic E-state index is -3.61. The van der Waals surface area contributed by atoms with Gasteiger partial charge in [-0.2, -0.15) is 0 Å². The minimum Gasteiger partial charge on any atom is -0.378 e. The van der Waals surface area contributed by atoms with Crippen molar-refractivity contribution in [2.75, 3.05) is 25.5 Å². The van der Waals surface area contributed by atoms with Gasteiger partial charge in [0.1, 0.15) is 0 Å². The van der Waals surface area contributed by atoms with Crippen molar-refractivity contribution in [2.45, 2.75) is 17.9 Å². The van der Waals surface area contributed by atoms with Crippen LogP contribution in [0.5, 0.6) is 0 Å². The first-order valence-corrected chi connectivity index (χ1v) is 10.3. The van der Waals surface area contributed by atoms with Crippen LogP contribution in [0.2, 0.25) is 0 Å². The van der Waals surface area contributed by atoms with E-state index in [0.29, 0.717) is 6.54 Å². The first kappa shape index (κ1) is 20.4. The van der Waals surface area contributed by atoms with Crippen LogP contribution < -0.4 is 14.9 Å². The third-order valence-corrected chi connectivity index (χ3v) is 5.72. The number of carbonyl (C=O) groups is 1. The van der Waals surface area contributed by atoms with Crippen LogP contribution in [0.25, 0.3) is 0 Å². The molecule has 0 aliphatic heterocycles. The number of halogens is 1. The molecule has 0 bridgehead atoms. The van der Waals surface area contributed by atoms with Crippen molar-refractivity contribution in [3.8, 4) is 0 Å². The van der Waals surface area contributed by atoms with E-state index in [2.05, 4.69) is 26.0 Å². The molecule has 0 fully saturated rings. The lowest BCUT2D eigenvalue weighted by atomic mass is 10.2. The highest BCUT2D eigenvalue weighted by Crippen LogP contribution is 2.14. The Kier molecular flexibility index (Phi) is 7.19. The molecule has 2 aromatic carbocycles. The molecule has 2 N–H and O–H groups in total. The average Bonchev–Trinajstić information content (AvgIpc) is 2.60. The van der Waals surface area contributed by atoms with E-state index in [0.717, 1.165) is 15.7 Å². The van der Waals surface area contributed by atoms with Gasteiger partial charge in [0.25, 0.3) is 0 Å². The zero-order valence-corrected chi connectivity index (χ0v) is 17.1. The Hall–Kier alpha value is -1.90. The maximum absolute atomic E-state index is 12.1. The second-order valence-electron chi connectivity index (χ2n) is 5.94. The summed E-state index contributed by atoms with van der Waals surface area (Å²) in [6, 6.07) is 14.2. The fourth-order valence-electron chi connectivity index (χ4n) is 2.20. The molecule has 2 rings (SSSR count). The van der Waals surface area contributed by atoms with Crippen molar-refractivity contribution in [1.29, 1.82) is 0 Å². The molecule has 0 spiro atoms. The van der Waals surface area contributed by atoms with Gasteiger partial charge in [-0.1, -0.05) is 28.1 Å². The topological polar surface area (TPSA) is 78.5 Å². The van der Waals surface area contributed by atoms with Crippen molar-refractivity contribution >= 4 is 37.5 Å². The quantitative estimate of drug-likeness (QED) is 0.661. The van der Waals surface area contributed by atoms with E-state index in [9.17, 15) is 13.2 Å². The summed E-state index contributed by atoms with van der Waals surface area (Å²) in [4.78, 5) is 14.1. The molecule has 0 aromatic heterocycles. The highest BCUT2D eigenvalue weighted by molar-refractivity contribution is 9.10. The van der Waals surface area contributed by atoms with Crippen LogP contribution in [-0.2, 0) is 21.4 Å². The molecule has 0 unspecified atom stereocenters. The first-order valence-electron chi connectivity index (χ1n) is 8.06. The van der Waals surface area contributed by atoms with Crippen LogP contribution in [0.4, 0.5) is 5.69 Å². The summed E-state index contributed by atoms with van der Waals surface area (Å²) in [5, 5.41) is 2.79. The second-order valence-corrected chi connectivity index (χ2v) is 8.62. The summed E-state index contributed by atoms with van der Waals surface area (Å²) in [6.07, 6.45) is 0.0749. The van der Waals surface area contributed by atoms with E-state index in [4.69, 9.17) is 0 Å². The number of sulfonamides is 1. The molecule has 0 radical (unpaired) electrons. The van der Waals surface area contributed by atoms with E-state index >= 15 is 0 Å². The van der Waals surface area contributed by atoms with Gasteiger partial charge in [-0.3, -0.25) is 4.79 Å². The predicted molar refractivity (Wildman–Crippen MR) is 107 cm³/mol. The van der Waals surface area contributed by atoms with E-state index in [1.165, 1.54) is 12.1 Å². The number of nitrogens with one attached hydrogen (secondary N) is 2. The minimum absolute atomic E-state index is 0.0454. The van der Waals surface area contributed by atoms with Crippen LogP contribution >= 0.6 is 15.9 Å². The third-order valence-electron chi connectivity index (χ3n) is 3.71. The lowest BCUT2D eigenvalue weighted by Crippen LogP contribution is -2.30. The number of benzene rings is 2. The number of anilines is 1. The highest BCUT2D eigenvalue weighted by atomic mass is 79.9. The molecule has 0 aliphatic carbocycles. The van der Waals surface area contributed by atoms with E-state index in [1.807, 2.05) is 43.3 Å². The predicted octanol–water partition coefficient (Wildman–Crippen LogP) is 2.50. The lowest BCUT2D eigenvalue weighted by molar-refractivity contribution is -0.121. The van der Waals surface area contributed by atoms with Gasteiger partial charge < -0.3 is 10.2 Å². The van der Waals surface area contributed by atoms with Crippen molar-refractivity contribution in [2.24, 2.45) is 0 Å². The smallest absolute Gasteiger partial charge is 0.240 e. The van der Waals surface area contributed by atoms with Crippen LogP contribution in [0, 0.1) is 0 Å². The SMILES string of the molecule is CN(C)c1ccc(CNC(=O)CCNS(=O)(=O)c2ccc(Br)cc2)cc1. The monoisotopic (exact) mass is 439 g/mol. The van der Waals surface area contributed by atoms with E-state index in [1.54, 1.807) is 12.1 Å². The number of hydrogen-bond donors (Lipinski definition) is 2. The number of nitrogens with zero attached hydrogens (tertiary/aromatic N) is 1. The largest absolute Gasteiger partial charge is 0.378 e. The highest BCUT2D eigenvalue weighted by Gasteiger charge is 2.13. The molecule has 0 atom stereocenters. The number of amides is 1. The number of carbonyl (C=O) groups excluding carboxylic acids is 1. The maximum atomic E-state index is 12.1. The van der Waals surface area contributed by atoms with Crippen LogP contribution in [0.1, 0.15) is 12.0 Å². The fraction of sp³-hybridized carbons (Fsp3) is 0.278. The zero-order valence-electron chi connectivity index (χ0n) is 14.7. The Balaban J connectivity index is 1.77. The van der Waals surface area contributed by atoms with Crippen molar-refractivity contribution < 1.29 is 13.2 Å². The summed E-state index contributed by atoms with van der Waals surface area (Å²) < 4.78 is 27.5. The van der Waals surface area contributed by atoms with Gasteiger partial charge in [0.05, 0.1) is 4.90 Å². The number of hydrogen-bond acceptors (Lipinski definition) is 4. The molecule has 1 amide bonds. The Labute approximate surface area is 162 Å². The van der Waals surface area contributed by atoms with Crippen molar-refractivity contribution in [1.82, 2.24) is 10.0 Å². The molecule has 0 aliphatic rings. The third kappa shape index (κ3) is 6.12. The molecule has 140 valence electrons. The molecule has 0 saturated carbocycles. The van der Waals surface area contributed by atoms with Gasteiger partial charge in [0.15, 0.2) is 0 Å². The fourth-order valence-corrected chi connectivity index (χ4v) is 3.49. The molecular weight excluding hydrogens is 418 g/mol. The molecule has 0 saturated heterocycles. The van der Waals surface area contributed by atoms with Crippen molar-refractivity contribution in [3.63, 3.8) is 0 Å². The van der Waals surface area contributed by atoms with E-state index < -0.39 is 10.0 Å². The molecule has 8 heteroatoms. The normalized spacial score (nSPS) is 11.2. The summed E-state index contributed by atoms with van der Waals surface area (Å²) in [7, 11) is 0.321. The van der Waals surface area contributed by atoms with Gasteiger partial charge in [-0.15, -0.1) is 0 Å². The summed E-state index contributed by atoms with van der Waals surface area (Å²) in [5.41, 5.74) is 2.07. The summed E-state index contributed by atoms with van der Waals surface area (Å²) in [5.74, 6) is -0.208. The zero-order chi connectivity index (χ0) is 19.2. The summed E-state index contributed by atoms with van der Waals surface area (Å²) >= 11 is 3.26. The lowest BCUT2D eigenvalue weighted by Gasteiger charge is -2.13. The second kappa shape index (κ2) is 9.16. The average molecular weight is 440 g/mol. The van der Waals surface area contributed by atoms with Crippen molar-refractivity contribution in [3.05, 3.63) is 58.6 Å². The first-order chi connectivity index (χ1) is 12.3. The van der Waals surface area contributed by atoms with Crippen LogP contribution in [0.15, 0.2) is 57.9 Å². The Morgan fingerprint density at radius 2 is 1.65 bits per heavy atom. The van der Waals surface area contributed by atoms with Gasteiger partial charge >= 0.3 is 0 Å². The van der Waals surface area contributed by atoms with Gasteiger partial charge in [0, 0.05) is 43.8 Å². The van der Waals surface area contributed by atoms with Gasteiger partial charge in [-0.05, 0) is 42.0 Å². The Bertz CT molecular complexity index is 835. The molecular formula is C18H22BrN3O3S. The molecule has 0 heterocycles. The molecule has 26 heavy (non-hydrogen) atoms. The molecule has 6 nitrogen and oxygen atoms in total. The van der Waals surface area contributed by atoms with Gasteiger partial charge in [-0.25, -0.2) is 13.1 Å². The summed E-state index contributed by atoms with van der Waals surface area (Å²) in [6.45, 7) is 0.454. The standard InChI is InChI=1S/C18H22BrN3O3S/c1-22(2)16-7-3-14(4-8-16)13-20-18(23)11-12-21-26(24,25)17-9-5-15(19)6-10-17/h3-10,21H,11-13H2,1-2H3,(H,20,23). The maximum Gasteiger partial charge on any atom is 0.240 e. The van der Waals surface area contributed by atoms with E-state index in [-0.39, 0.29) is 23.8 Å². The van der Waals surface area contributed by atoms with Crippen LogP contribution in [0.3, 0.4) is 0 Å². The number of rotatable bonds is 8. The molecule has 2 aromatic rings. The Morgan fingerprint density at radius 1 is 1.04 bits per heavy atom. The Morgan fingerprint density at radius 3 is 2.23 bits per heavy atom. The van der Waals surface area contributed by atoms with Crippen LogP contribution in [-0.4, -0.2) is 35.0 Å². The van der Waals surface area contributed by atoms with Gasteiger partial charge in [0.2, 0.25) is 15.9 Å².